The topological polar surface area (TPSA) is 57.5 Å². The Balaban J connectivity index is 1.96. The second-order valence-electron chi connectivity index (χ2n) is 8.43. The lowest BCUT2D eigenvalue weighted by molar-refractivity contribution is 0.231. The highest BCUT2D eigenvalue weighted by molar-refractivity contribution is 5.80. The Hall–Kier alpha value is -1.56. The molecule has 0 aromatic carbocycles. The van der Waals surface area contributed by atoms with E-state index in [2.05, 4.69) is 62.2 Å². The molecular weight excluding hydrogens is 336 g/mol. The second-order valence-corrected chi connectivity index (χ2v) is 8.43. The molecule has 0 amide bonds. The molecule has 2 N–H and O–H groups in total. The number of nitrogens with zero attached hydrogens (tertiary/aromatic N) is 4. The third-order valence-electron chi connectivity index (χ3n) is 5.46. The number of guanidine groups is 1. The van der Waals surface area contributed by atoms with Crippen molar-refractivity contribution in [2.75, 3.05) is 26.2 Å². The van der Waals surface area contributed by atoms with Crippen molar-refractivity contribution >= 4 is 5.96 Å². The normalized spacial score (nSPS) is 19.7. The Morgan fingerprint density at radius 2 is 2.04 bits per heavy atom. The van der Waals surface area contributed by atoms with Gasteiger partial charge in [0.2, 0.25) is 0 Å². The molecule has 1 aromatic heterocycles. The van der Waals surface area contributed by atoms with Crippen LogP contribution >= 0.6 is 0 Å². The molecule has 1 aliphatic heterocycles. The van der Waals surface area contributed by atoms with Crippen molar-refractivity contribution in [2.24, 2.45) is 18.0 Å². The van der Waals surface area contributed by atoms with Crippen LogP contribution in [-0.2, 0) is 13.5 Å². The van der Waals surface area contributed by atoms with Crippen LogP contribution in [-0.4, -0.2) is 58.9 Å². The highest BCUT2D eigenvalue weighted by Gasteiger charge is 2.24. The first-order valence-corrected chi connectivity index (χ1v) is 10.6. The molecule has 154 valence electrons. The number of nitrogens with one attached hydrogen (secondary N) is 2. The van der Waals surface area contributed by atoms with Gasteiger partial charge in [-0.2, -0.15) is 5.10 Å². The molecule has 2 heterocycles. The largest absolute Gasteiger partial charge is 0.357 e. The number of likely N-dealkylation sites (tertiary alicyclic amines) is 1. The van der Waals surface area contributed by atoms with Crippen molar-refractivity contribution in [1.82, 2.24) is 25.3 Å². The first-order valence-electron chi connectivity index (χ1n) is 10.6. The summed E-state index contributed by atoms with van der Waals surface area (Å²) < 4.78 is 1.97. The Morgan fingerprint density at radius 1 is 1.30 bits per heavy atom. The lowest BCUT2D eigenvalue weighted by Gasteiger charge is -2.25. The van der Waals surface area contributed by atoms with E-state index in [9.17, 15) is 0 Å². The summed E-state index contributed by atoms with van der Waals surface area (Å²) in [5, 5.41) is 11.5. The molecule has 2 atom stereocenters. The van der Waals surface area contributed by atoms with Crippen LogP contribution in [0.25, 0.3) is 0 Å². The molecule has 1 fully saturated rings. The summed E-state index contributed by atoms with van der Waals surface area (Å²) in [6.45, 7) is 17.3. The van der Waals surface area contributed by atoms with E-state index in [1.54, 1.807) is 0 Å². The number of aromatic nitrogens is 2. The van der Waals surface area contributed by atoms with Crippen LogP contribution in [0.4, 0.5) is 0 Å². The summed E-state index contributed by atoms with van der Waals surface area (Å²) in [5.41, 5.74) is 3.71. The minimum absolute atomic E-state index is 0.305. The Kier molecular flexibility index (Phi) is 8.14. The number of aryl methyl sites for hydroxylation is 2. The van der Waals surface area contributed by atoms with Gasteiger partial charge < -0.3 is 10.6 Å². The molecule has 0 aliphatic carbocycles. The highest BCUT2D eigenvalue weighted by atomic mass is 15.3. The summed E-state index contributed by atoms with van der Waals surface area (Å²) in [7, 11) is 2.01. The average Bonchev–Trinajstić information content (AvgIpc) is 3.12. The molecule has 0 spiro atoms. The Bertz CT molecular complexity index is 618. The van der Waals surface area contributed by atoms with Gasteiger partial charge >= 0.3 is 0 Å². The number of hydrogen-bond acceptors (Lipinski definition) is 3. The monoisotopic (exact) mass is 376 g/mol. The Morgan fingerprint density at radius 3 is 2.63 bits per heavy atom. The van der Waals surface area contributed by atoms with E-state index in [1.165, 1.54) is 37.2 Å². The molecule has 0 saturated carbocycles. The molecule has 0 bridgehead atoms. The number of rotatable bonds is 8. The van der Waals surface area contributed by atoms with Gasteiger partial charge in [0.25, 0.3) is 0 Å². The molecule has 2 rings (SSSR count). The van der Waals surface area contributed by atoms with Crippen LogP contribution in [0, 0.1) is 19.8 Å². The minimum Gasteiger partial charge on any atom is -0.357 e. The quantitative estimate of drug-likeness (QED) is 0.541. The highest BCUT2D eigenvalue weighted by Crippen LogP contribution is 2.19. The van der Waals surface area contributed by atoms with E-state index < -0.39 is 0 Å². The Labute approximate surface area is 165 Å². The fourth-order valence-electron chi connectivity index (χ4n) is 4.03. The summed E-state index contributed by atoms with van der Waals surface area (Å²) >= 11 is 0. The average molecular weight is 377 g/mol. The molecule has 1 aromatic rings. The first kappa shape index (κ1) is 21.7. The summed E-state index contributed by atoms with van der Waals surface area (Å²) in [6.07, 6.45) is 3.52. The fraction of sp³-hybridized carbons (Fsp3) is 0.810. The zero-order valence-corrected chi connectivity index (χ0v) is 18.5. The van der Waals surface area contributed by atoms with E-state index in [4.69, 9.17) is 4.99 Å². The SMILES string of the molecule is CCNC(=NC[C@H]1CCCN1CC(C)C)NC(C)Cc1c(C)nn(C)c1C. The number of aliphatic imine (C=N–C) groups is 1. The van der Waals surface area contributed by atoms with Gasteiger partial charge in [-0.15, -0.1) is 0 Å². The predicted octanol–water partition coefficient (Wildman–Crippen LogP) is 2.64. The summed E-state index contributed by atoms with van der Waals surface area (Å²) in [5.74, 6) is 1.65. The zero-order valence-electron chi connectivity index (χ0n) is 18.5. The molecular formula is C21H40N6. The molecule has 1 aliphatic rings. The van der Waals surface area contributed by atoms with Gasteiger partial charge in [0.1, 0.15) is 0 Å². The maximum atomic E-state index is 4.92. The van der Waals surface area contributed by atoms with Crippen LogP contribution in [0.2, 0.25) is 0 Å². The smallest absolute Gasteiger partial charge is 0.191 e. The van der Waals surface area contributed by atoms with Crippen LogP contribution in [0.1, 0.15) is 57.5 Å². The van der Waals surface area contributed by atoms with E-state index in [1.807, 2.05) is 11.7 Å². The van der Waals surface area contributed by atoms with Gasteiger partial charge in [0.05, 0.1) is 12.2 Å². The van der Waals surface area contributed by atoms with Crippen LogP contribution in [0.5, 0.6) is 0 Å². The minimum atomic E-state index is 0.305. The molecule has 6 nitrogen and oxygen atoms in total. The summed E-state index contributed by atoms with van der Waals surface area (Å²) in [6, 6.07) is 0.890. The van der Waals surface area contributed by atoms with Crippen molar-refractivity contribution in [3.63, 3.8) is 0 Å². The van der Waals surface area contributed by atoms with E-state index in [0.29, 0.717) is 18.0 Å². The van der Waals surface area contributed by atoms with E-state index in [-0.39, 0.29) is 0 Å². The van der Waals surface area contributed by atoms with Crippen molar-refractivity contribution in [2.45, 2.75) is 72.9 Å². The zero-order chi connectivity index (χ0) is 20.0. The van der Waals surface area contributed by atoms with Crippen LogP contribution in [0.15, 0.2) is 4.99 Å². The van der Waals surface area contributed by atoms with Crippen LogP contribution < -0.4 is 10.6 Å². The molecule has 1 unspecified atom stereocenters. The van der Waals surface area contributed by atoms with Crippen molar-refractivity contribution in [1.29, 1.82) is 0 Å². The van der Waals surface area contributed by atoms with Gasteiger partial charge in [-0.05, 0) is 65.0 Å². The molecule has 0 radical (unpaired) electrons. The lowest BCUT2D eigenvalue weighted by Crippen LogP contribution is -2.44. The standard InChI is InChI=1S/C21H40N6/c1-8-22-21(23-13-19-10-9-11-27(19)14-15(2)3)24-16(4)12-20-17(5)25-26(7)18(20)6/h15-16,19H,8-14H2,1-7H3,(H2,22,23,24)/t16?,19-/m1/s1. The van der Waals surface area contributed by atoms with Crippen molar-refractivity contribution in [3.05, 3.63) is 17.0 Å². The van der Waals surface area contributed by atoms with Gasteiger partial charge in [-0.25, -0.2) is 0 Å². The predicted molar refractivity (Wildman–Crippen MR) is 114 cm³/mol. The van der Waals surface area contributed by atoms with Gasteiger partial charge in [0, 0.05) is 37.9 Å². The third kappa shape index (κ3) is 6.23. The molecule has 27 heavy (non-hydrogen) atoms. The van der Waals surface area contributed by atoms with E-state index >= 15 is 0 Å². The molecule has 1 saturated heterocycles. The van der Waals surface area contributed by atoms with Gasteiger partial charge in [-0.3, -0.25) is 14.6 Å². The van der Waals surface area contributed by atoms with Crippen molar-refractivity contribution < 1.29 is 0 Å². The fourth-order valence-corrected chi connectivity index (χ4v) is 4.03. The summed E-state index contributed by atoms with van der Waals surface area (Å²) in [4.78, 5) is 7.53. The molecule has 6 heteroatoms. The maximum absolute atomic E-state index is 4.92. The third-order valence-corrected chi connectivity index (χ3v) is 5.46. The van der Waals surface area contributed by atoms with Crippen LogP contribution in [0.3, 0.4) is 0 Å². The van der Waals surface area contributed by atoms with Gasteiger partial charge in [-0.1, -0.05) is 13.8 Å². The van der Waals surface area contributed by atoms with Crippen molar-refractivity contribution in [3.8, 4) is 0 Å². The first-order chi connectivity index (χ1) is 12.8. The maximum Gasteiger partial charge on any atom is 0.191 e. The lowest BCUT2D eigenvalue weighted by atomic mass is 10.1. The number of hydrogen-bond donors (Lipinski definition) is 2. The second kappa shape index (κ2) is 10.1. The van der Waals surface area contributed by atoms with E-state index in [0.717, 1.165) is 31.2 Å². The van der Waals surface area contributed by atoms with Gasteiger partial charge in [0.15, 0.2) is 5.96 Å².